The Bertz CT molecular complexity index is 388. The monoisotopic (exact) mass is 251 g/mol. The molecule has 0 spiro atoms. The highest BCUT2D eigenvalue weighted by molar-refractivity contribution is 5.48. The molecule has 0 fully saturated rings. The number of ether oxygens (including phenoxy) is 2. The molecule has 0 aliphatic heterocycles. The van der Waals surface area contributed by atoms with E-state index in [1.165, 1.54) is 11.1 Å². The van der Waals surface area contributed by atoms with Gasteiger partial charge in [-0.3, -0.25) is 0 Å². The van der Waals surface area contributed by atoms with Crippen molar-refractivity contribution in [2.24, 2.45) is 5.92 Å². The molecule has 1 N–H and O–H groups in total. The van der Waals surface area contributed by atoms with Crippen LogP contribution in [0.15, 0.2) is 12.1 Å². The summed E-state index contributed by atoms with van der Waals surface area (Å²) in [7, 11) is 5.39. The summed E-state index contributed by atoms with van der Waals surface area (Å²) >= 11 is 0. The normalized spacial score (nSPS) is 12.6. The molecule has 0 heterocycles. The highest BCUT2D eigenvalue weighted by Crippen LogP contribution is 2.37. The van der Waals surface area contributed by atoms with Crippen LogP contribution in [-0.2, 0) is 0 Å². The second kappa shape index (κ2) is 6.64. The topological polar surface area (TPSA) is 30.5 Å². The van der Waals surface area contributed by atoms with E-state index in [2.05, 4.69) is 32.2 Å². The fourth-order valence-electron chi connectivity index (χ4n) is 2.39. The summed E-state index contributed by atoms with van der Waals surface area (Å²) in [5.74, 6) is 2.76. The van der Waals surface area contributed by atoms with Crippen LogP contribution in [-0.4, -0.2) is 27.8 Å². The van der Waals surface area contributed by atoms with Crippen molar-refractivity contribution < 1.29 is 9.47 Å². The lowest BCUT2D eigenvalue weighted by Gasteiger charge is -2.25. The molecular weight excluding hydrogens is 226 g/mol. The van der Waals surface area contributed by atoms with Gasteiger partial charge in [-0.25, -0.2) is 0 Å². The van der Waals surface area contributed by atoms with E-state index >= 15 is 0 Å². The number of likely N-dealkylation sites (N-methyl/N-ethyl adjacent to an activating group) is 1. The Kier molecular flexibility index (Phi) is 5.48. The van der Waals surface area contributed by atoms with Gasteiger partial charge in [0, 0.05) is 24.1 Å². The van der Waals surface area contributed by atoms with Gasteiger partial charge in [0.1, 0.15) is 11.5 Å². The third-order valence-electron chi connectivity index (χ3n) is 3.38. The van der Waals surface area contributed by atoms with Gasteiger partial charge in [-0.2, -0.15) is 0 Å². The number of benzene rings is 1. The molecule has 18 heavy (non-hydrogen) atoms. The largest absolute Gasteiger partial charge is 0.497 e. The molecule has 3 nitrogen and oxygen atoms in total. The first-order valence-corrected chi connectivity index (χ1v) is 6.42. The Morgan fingerprint density at radius 3 is 2.28 bits per heavy atom. The van der Waals surface area contributed by atoms with Gasteiger partial charge in [-0.1, -0.05) is 13.8 Å². The maximum Gasteiger partial charge on any atom is 0.126 e. The summed E-state index contributed by atoms with van der Waals surface area (Å²) in [5.41, 5.74) is 2.50. The first-order valence-electron chi connectivity index (χ1n) is 6.42. The molecule has 0 bridgehead atoms. The van der Waals surface area contributed by atoms with Crippen molar-refractivity contribution in [2.45, 2.75) is 26.7 Å². The molecule has 0 aliphatic rings. The van der Waals surface area contributed by atoms with Gasteiger partial charge in [0.2, 0.25) is 0 Å². The Morgan fingerprint density at radius 2 is 1.83 bits per heavy atom. The minimum absolute atomic E-state index is 0.441. The molecule has 1 rings (SSSR count). The zero-order valence-electron chi connectivity index (χ0n) is 12.3. The predicted octanol–water partition coefficient (Wildman–Crippen LogP) is 2.97. The molecule has 0 saturated heterocycles. The van der Waals surface area contributed by atoms with Crippen LogP contribution in [0.3, 0.4) is 0 Å². The zero-order chi connectivity index (χ0) is 13.7. The van der Waals surface area contributed by atoms with Gasteiger partial charge in [0.05, 0.1) is 14.2 Å². The van der Waals surface area contributed by atoms with Crippen molar-refractivity contribution in [3.05, 3.63) is 23.3 Å². The van der Waals surface area contributed by atoms with E-state index in [9.17, 15) is 0 Å². The van der Waals surface area contributed by atoms with Gasteiger partial charge < -0.3 is 14.8 Å². The molecular formula is C15H25NO2. The fourth-order valence-corrected chi connectivity index (χ4v) is 2.39. The number of aryl methyl sites for hydroxylation is 1. The van der Waals surface area contributed by atoms with Crippen LogP contribution in [0.1, 0.15) is 30.9 Å². The van der Waals surface area contributed by atoms with E-state index in [1.807, 2.05) is 13.1 Å². The highest BCUT2D eigenvalue weighted by Gasteiger charge is 2.22. The SMILES string of the molecule is CNCC(c1c(C)cc(OC)cc1OC)C(C)C. The number of rotatable bonds is 6. The number of hydrogen-bond donors (Lipinski definition) is 1. The van der Waals surface area contributed by atoms with Gasteiger partial charge in [-0.05, 0) is 31.5 Å². The van der Waals surface area contributed by atoms with E-state index in [-0.39, 0.29) is 0 Å². The summed E-state index contributed by atoms with van der Waals surface area (Å²) < 4.78 is 10.8. The van der Waals surface area contributed by atoms with Crippen molar-refractivity contribution in [1.82, 2.24) is 5.32 Å². The smallest absolute Gasteiger partial charge is 0.126 e. The quantitative estimate of drug-likeness (QED) is 0.843. The minimum atomic E-state index is 0.441. The lowest BCUT2D eigenvalue weighted by atomic mass is 9.85. The van der Waals surface area contributed by atoms with Crippen LogP contribution >= 0.6 is 0 Å². The molecule has 1 aromatic carbocycles. The summed E-state index contributed by atoms with van der Waals surface area (Å²) in [4.78, 5) is 0. The first-order chi connectivity index (χ1) is 8.54. The Labute approximate surface area is 110 Å². The van der Waals surface area contributed by atoms with E-state index in [1.54, 1.807) is 14.2 Å². The van der Waals surface area contributed by atoms with Gasteiger partial charge >= 0.3 is 0 Å². The van der Waals surface area contributed by atoms with Crippen LogP contribution in [0.4, 0.5) is 0 Å². The molecule has 0 radical (unpaired) electrons. The molecule has 1 aromatic rings. The van der Waals surface area contributed by atoms with Crippen LogP contribution in [0.2, 0.25) is 0 Å². The van der Waals surface area contributed by atoms with Gasteiger partial charge in [0.15, 0.2) is 0 Å². The zero-order valence-corrected chi connectivity index (χ0v) is 12.3. The molecule has 0 saturated carbocycles. The lowest BCUT2D eigenvalue weighted by molar-refractivity contribution is 0.378. The summed E-state index contributed by atoms with van der Waals surface area (Å²) in [6.45, 7) is 7.54. The van der Waals surface area contributed by atoms with Gasteiger partial charge in [-0.15, -0.1) is 0 Å². The third kappa shape index (κ3) is 3.16. The average Bonchev–Trinajstić information content (AvgIpc) is 2.35. The second-order valence-corrected chi connectivity index (χ2v) is 4.97. The summed E-state index contributed by atoms with van der Waals surface area (Å²) in [6.07, 6.45) is 0. The molecule has 1 atom stereocenters. The molecule has 0 aromatic heterocycles. The van der Waals surface area contributed by atoms with E-state index in [0.717, 1.165) is 18.0 Å². The second-order valence-electron chi connectivity index (χ2n) is 4.97. The maximum atomic E-state index is 5.54. The first kappa shape index (κ1) is 14.8. The number of hydrogen-bond acceptors (Lipinski definition) is 3. The molecule has 1 unspecified atom stereocenters. The highest BCUT2D eigenvalue weighted by atomic mass is 16.5. The fraction of sp³-hybridized carbons (Fsp3) is 0.600. The standard InChI is InChI=1S/C15H25NO2/c1-10(2)13(9-16-4)15-11(3)7-12(17-5)8-14(15)18-6/h7-8,10,13,16H,9H2,1-6H3. The van der Waals surface area contributed by atoms with Crippen LogP contribution in [0, 0.1) is 12.8 Å². The van der Waals surface area contributed by atoms with Crippen molar-refractivity contribution in [3.8, 4) is 11.5 Å². The van der Waals surface area contributed by atoms with Crippen LogP contribution in [0.25, 0.3) is 0 Å². The van der Waals surface area contributed by atoms with E-state index in [0.29, 0.717) is 11.8 Å². The predicted molar refractivity (Wildman–Crippen MR) is 75.8 cm³/mol. The Balaban J connectivity index is 3.27. The van der Waals surface area contributed by atoms with Crippen LogP contribution in [0.5, 0.6) is 11.5 Å². The molecule has 0 aliphatic carbocycles. The molecule has 3 heteroatoms. The van der Waals surface area contributed by atoms with Crippen molar-refractivity contribution >= 4 is 0 Å². The molecule has 102 valence electrons. The minimum Gasteiger partial charge on any atom is -0.497 e. The number of methoxy groups -OCH3 is 2. The van der Waals surface area contributed by atoms with Gasteiger partial charge in [0.25, 0.3) is 0 Å². The number of nitrogens with one attached hydrogen (secondary N) is 1. The van der Waals surface area contributed by atoms with E-state index in [4.69, 9.17) is 9.47 Å². The van der Waals surface area contributed by atoms with E-state index < -0.39 is 0 Å². The van der Waals surface area contributed by atoms with Crippen LogP contribution < -0.4 is 14.8 Å². The molecule has 0 amide bonds. The van der Waals surface area contributed by atoms with Crippen molar-refractivity contribution in [2.75, 3.05) is 27.8 Å². The summed E-state index contributed by atoms with van der Waals surface area (Å²) in [6, 6.07) is 4.04. The lowest BCUT2D eigenvalue weighted by Crippen LogP contribution is -2.22. The Morgan fingerprint density at radius 1 is 1.17 bits per heavy atom. The third-order valence-corrected chi connectivity index (χ3v) is 3.38. The summed E-state index contributed by atoms with van der Waals surface area (Å²) in [5, 5.41) is 3.27. The maximum absolute atomic E-state index is 5.54. The Hall–Kier alpha value is -1.22. The van der Waals surface area contributed by atoms with Crippen molar-refractivity contribution in [3.63, 3.8) is 0 Å². The average molecular weight is 251 g/mol. The van der Waals surface area contributed by atoms with Crippen molar-refractivity contribution in [1.29, 1.82) is 0 Å².